The zero-order chi connectivity index (χ0) is 31.6. The van der Waals surface area contributed by atoms with E-state index in [0.717, 1.165) is 0 Å². The van der Waals surface area contributed by atoms with Gasteiger partial charge in [0.05, 0.1) is 34.2 Å². The van der Waals surface area contributed by atoms with Crippen molar-refractivity contribution in [1.29, 1.82) is 0 Å². The molecule has 8 nitrogen and oxygen atoms in total. The highest BCUT2D eigenvalue weighted by Crippen LogP contribution is 2.44. The molecule has 4 heterocycles. The number of nitrogens with two attached hydrogens (primary N) is 1. The molecule has 1 fully saturated rings. The van der Waals surface area contributed by atoms with E-state index in [0.29, 0.717) is 42.3 Å². The van der Waals surface area contributed by atoms with Crippen LogP contribution in [-0.2, 0) is 4.79 Å². The van der Waals surface area contributed by atoms with Crippen molar-refractivity contribution in [2.45, 2.75) is 45.7 Å². The Morgan fingerprint density at radius 1 is 1.20 bits per heavy atom. The van der Waals surface area contributed by atoms with Gasteiger partial charge in [0.25, 0.3) is 5.56 Å². The van der Waals surface area contributed by atoms with Crippen molar-refractivity contribution in [1.82, 2.24) is 14.5 Å². The molecule has 0 saturated carbocycles. The van der Waals surface area contributed by atoms with Crippen molar-refractivity contribution < 1.29 is 13.6 Å². The molecule has 2 aromatic heterocycles. The van der Waals surface area contributed by atoms with Crippen LogP contribution in [0.1, 0.15) is 37.9 Å². The summed E-state index contributed by atoms with van der Waals surface area (Å²) in [7, 11) is 0. The SMILES string of the molecule is C=CC(=O)N1CC2CNc3c(c4cc(F)c(-c5cc(N)ccc5Cl)c(F)c4n(-c4c(C)ccnc4C(C)C)c3=O)N2CC1C. The smallest absolute Gasteiger partial charge is 0.281 e. The van der Waals surface area contributed by atoms with E-state index in [2.05, 4.69) is 16.9 Å². The second-order valence-corrected chi connectivity index (χ2v) is 12.2. The van der Waals surface area contributed by atoms with E-state index in [1.807, 2.05) is 32.6 Å². The number of benzene rings is 2. The number of nitrogens with zero attached hydrogens (tertiary/aromatic N) is 4. The first-order valence-corrected chi connectivity index (χ1v) is 14.9. The van der Waals surface area contributed by atoms with Crippen molar-refractivity contribution in [3.05, 3.63) is 87.5 Å². The summed E-state index contributed by atoms with van der Waals surface area (Å²) >= 11 is 6.45. The minimum atomic E-state index is -0.944. The lowest BCUT2D eigenvalue weighted by Gasteiger charge is -2.49. The monoisotopic (exact) mass is 618 g/mol. The number of nitrogens with one attached hydrogen (secondary N) is 1. The summed E-state index contributed by atoms with van der Waals surface area (Å²) in [6.07, 6.45) is 2.93. The van der Waals surface area contributed by atoms with Crippen LogP contribution in [0.4, 0.5) is 25.8 Å². The summed E-state index contributed by atoms with van der Waals surface area (Å²) in [6.45, 7) is 12.3. The number of aryl methyl sites for hydroxylation is 1. The number of piperazine rings is 1. The van der Waals surface area contributed by atoms with Gasteiger partial charge in [0, 0.05) is 53.5 Å². The minimum Gasteiger partial charge on any atom is -0.399 e. The van der Waals surface area contributed by atoms with Crippen molar-refractivity contribution in [3.63, 3.8) is 0 Å². The number of hydrogen-bond acceptors (Lipinski definition) is 6. The number of halogens is 3. The third-order valence-corrected chi connectivity index (χ3v) is 8.94. The van der Waals surface area contributed by atoms with E-state index < -0.39 is 17.2 Å². The van der Waals surface area contributed by atoms with Crippen LogP contribution in [0.5, 0.6) is 0 Å². The van der Waals surface area contributed by atoms with Gasteiger partial charge in [-0.3, -0.25) is 19.1 Å². The van der Waals surface area contributed by atoms with Gasteiger partial charge in [0.1, 0.15) is 11.5 Å². The average Bonchev–Trinajstić information content (AvgIpc) is 2.98. The molecule has 11 heteroatoms. The van der Waals surface area contributed by atoms with E-state index in [4.69, 9.17) is 17.3 Å². The Bertz CT molecular complexity index is 1920. The lowest BCUT2D eigenvalue weighted by molar-refractivity contribution is -0.128. The van der Waals surface area contributed by atoms with E-state index in [-0.39, 0.29) is 62.3 Å². The van der Waals surface area contributed by atoms with Gasteiger partial charge in [-0.25, -0.2) is 8.78 Å². The number of carbonyl (C=O) groups excluding carboxylic acids is 1. The van der Waals surface area contributed by atoms with Crippen molar-refractivity contribution >= 4 is 45.5 Å². The van der Waals surface area contributed by atoms with Crippen molar-refractivity contribution in [2.75, 3.05) is 35.6 Å². The molecule has 2 atom stereocenters. The van der Waals surface area contributed by atoms with E-state index in [1.165, 1.54) is 28.8 Å². The minimum absolute atomic E-state index is 0.0773. The Kier molecular flexibility index (Phi) is 7.36. The molecule has 0 bridgehead atoms. The molecule has 0 aliphatic carbocycles. The number of aromatic nitrogens is 2. The highest BCUT2D eigenvalue weighted by atomic mass is 35.5. The fraction of sp³-hybridized carbons (Fsp3) is 0.303. The third-order valence-electron chi connectivity index (χ3n) is 8.61. The molecule has 228 valence electrons. The van der Waals surface area contributed by atoms with Crippen LogP contribution >= 0.6 is 11.6 Å². The van der Waals surface area contributed by atoms with E-state index >= 15 is 8.78 Å². The predicted molar refractivity (Wildman–Crippen MR) is 172 cm³/mol. The molecule has 4 aromatic rings. The number of amides is 1. The van der Waals surface area contributed by atoms with Crippen LogP contribution in [0.2, 0.25) is 5.02 Å². The Labute approximate surface area is 258 Å². The lowest BCUT2D eigenvalue weighted by Crippen LogP contribution is -2.62. The van der Waals surface area contributed by atoms with Crippen LogP contribution in [-0.4, -0.2) is 52.1 Å². The first-order chi connectivity index (χ1) is 20.9. The number of fused-ring (bicyclic) bond motifs is 5. The summed E-state index contributed by atoms with van der Waals surface area (Å²) in [5.41, 5.74) is 7.76. The molecule has 0 spiro atoms. The molecule has 1 saturated heterocycles. The third kappa shape index (κ3) is 4.51. The molecule has 2 unspecified atom stereocenters. The zero-order valence-corrected chi connectivity index (χ0v) is 25.7. The van der Waals surface area contributed by atoms with Gasteiger partial charge < -0.3 is 20.9 Å². The number of pyridine rings is 2. The van der Waals surface area contributed by atoms with Crippen LogP contribution in [0, 0.1) is 18.6 Å². The molecule has 3 N–H and O–H groups in total. The molecular formula is C33H33ClF2N6O2. The number of nitrogen functional groups attached to an aromatic ring is 1. The number of anilines is 3. The van der Waals surface area contributed by atoms with Crippen LogP contribution < -0.4 is 21.5 Å². The Balaban J connectivity index is 1.74. The van der Waals surface area contributed by atoms with E-state index in [1.54, 1.807) is 23.2 Å². The van der Waals surface area contributed by atoms with Gasteiger partial charge in [-0.1, -0.05) is 32.0 Å². The molecule has 1 amide bonds. The zero-order valence-electron chi connectivity index (χ0n) is 24.9. The number of hydrogen-bond donors (Lipinski definition) is 2. The summed E-state index contributed by atoms with van der Waals surface area (Å²) in [6, 6.07) is 6.98. The van der Waals surface area contributed by atoms with Crippen LogP contribution in [0.25, 0.3) is 27.7 Å². The summed E-state index contributed by atoms with van der Waals surface area (Å²) in [5, 5.41) is 3.58. The Hall–Kier alpha value is -4.44. The van der Waals surface area contributed by atoms with Crippen LogP contribution in [0.3, 0.4) is 0 Å². The van der Waals surface area contributed by atoms with Gasteiger partial charge in [-0.05, 0) is 61.7 Å². The summed E-state index contributed by atoms with van der Waals surface area (Å²) in [4.78, 5) is 35.5. The largest absolute Gasteiger partial charge is 0.399 e. The molecule has 0 radical (unpaired) electrons. The first kappa shape index (κ1) is 29.6. The molecule has 2 aromatic carbocycles. The maximum Gasteiger partial charge on any atom is 0.281 e. The second-order valence-electron chi connectivity index (χ2n) is 11.8. The molecular weight excluding hydrogens is 586 g/mol. The highest BCUT2D eigenvalue weighted by Gasteiger charge is 2.40. The molecule has 2 aliphatic rings. The van der Waals surface area contributed by atoms with Crippen LogP contribution in [0.15, 0.2) is 54.0 Å². The lowest BCUT2D eigenvalue weighted by atomic mass is 9.96. The molecule has 6 rings (SSSR count). The Morgan fingerprint density at radius 3 is 2.66 bits per heavy atom. The normalized spacial score (nSPS) is 17.8. The summed E-state index contributed by atoms with van der Waals surface area (Å²) < 4.78 is 34.7. The second kappa shape index (κ2) is 10.9. The topological polar surface area (TPSA) is 96.5 Å². The fourth-order valence-electron chi connectivity index (χ4n) is 6.53. The average molecular weight is 619 g/mol. The molecule has 2 aliphatic heterocycles. The fourth-order valence-corrected chi connectivity index (χ4v) is 6.74. The number of rotatable bonds is 4. The predicted octanol–water partition coefficient (Wildman–Crippen LogP) is 6.02. The molecule has 44 heavy (non-hydrogen) atoms. The van der Waals surface area contributed by atoms with Crippen molar-refractivity contribution in [3.8, 4) is 16.8 Å². The Morgan fingerprint density at radius 2 is 1.95 bits per heavy atom. The number of carbonyl (C=O) groups is 1. The first-order valence-electron chi connectivity index (χ1n) is 14.5. The van der Waals surface area contributed by atoms with Gasteiger partial charge >= 0.3 is 0 Å². The quantitative estimate of drug-likeness (QED) is 0.215. The van der Waals surface area contributed by atoms with Gasteiger partial charge in [0.2, 0.25) is 5.91 Å². The van der Waals surface area contributed by atoms with Crippen molar-refractivity contribution in [2.24, 2.45) is 0 Å². The van der Waals surface area contributed by atoms with E-state index in [9.17, 15) is 9.59 Å². The standard InChI is InChI=1S/C33H33ClF2N6O2/c1-6-25(43)40-15-20-13-39-29-32(41(20)14-18(40)5)22-12-24(35)26(21-11-19(37)7-8-23(21)34)27(36)31(22)42(33(29)44)30-17(4)9-10-38-28(30)16(2)3/h6-12,16,18,20,39H,1,13-15,37H2,2-5H3. The summed E-state index contributed by atoms with van der Waals surface area (Å²) in [5.74, 6) is -2.10. The van der Waals surface area contributed by atoms with Gasteiger partial charge in [-0.15, -0.1) is 0 Å². The maximum atomic E-state index is 17.2. The highest BCUT2D eigenvalue weighted by molar-refractivity contribution is 6.33. The van der Waals surface area contributed by atoms with Gasteiger partial charge in [0.15, 0.2) is 5.82 Å². The maximum absolute atomic E-state index is 17.2. The van der Waals surface area contributed by atoms with Gasteiger partial charge in [-0.2, -0.15) is 0 Å².